The molecule has 2 atom stereocenters. The summed E-state index contributed by atoms with van der Waals surface area (Å²) in [5, 5.41) is 12.3. The second-order valence-electron chi connectivity index (χ2n) is 6.23. The topological polar surface area (TPSA) is 57.6 Å². The molecule has 1 aliphatic rings. The molecule has 6 heteroatoms. The van der Waals surface area contributed by atoms with Crippen LogP contribution in [-0.4, -0.2) is 43.3 Å². The molecule has 1 N–H and O–H groups in total. The zero-order valence-electron chi connectivity index (χ0n) is 13.5. The van der Waals surface area contributed by atoms with Crippen LogP contribution in [-0.2, 0) is 9.84 Å². The number of likely N-dealkylation sites (tertiary alicyclic amines) is 1. The molecule has 2 aromatic rings. The zero-order valence-corrected chi connectivity index (χ0v) is 15.2. The van der Waals surface area contributed by atoms with Crippen molar-refractivity contribution in [2.24, 2.45) is 0 Å². The lowest BCUT2D eigenvalue weighted by Crippen LogP contribution is -2.34. The minimum absolute atomic E-state index is 0.128. The molecule has 0 radical (unpaired) electrons. The lowest BCUT2D eigenvalue weighted by atomic mass is 10.1. The van der Waals surface area contributed by atoms with E-state index in [0.29, 0.717) is 17.9 Å². The SMILES string of the molecule is O=S(=O)(CCN1CCC[C@H]1C[C@@H](O)c1cccs1)c1ccccc1. The number of hydrogen-bond acceptors (Lipinski definition) is 5. The summed E-state index contributed by atoms with van der Waals surface area (Å²) in [4.78, 5) is 3.59. The molecule has 0 unspecified atom stereocenters. The van der Waals surface area contributed by atoms with Gasteiger partial charge in [-0.05, 0) is 49.4 Å². The van der Waals surface area contributed by atoms with Crippen LogP contribution in [0.4, 0.5) is 0 Å². The van der Waals surface area contributed by atoms with Gasteiger partial charge >= 0.3 is 0 Å². The molecule has 24 heavy (non-hydrogen) atoms. The fourth-order valence-electron chi connectivity index (χ4n) is 3.29. The van der Waals surface area contributed by atoms with Crippen molar-refractivity contribution in [2.75, 3.05) is 18.8 Å². The number of sulfone groups is 1. The van der Waals surface area contributed by atoms with Crippen molar-refractivity contribution in [2.45, 2.75) is 36.3 Å². The molecule has 1 saturated heterocycles. The first-order valence-electron chi connectivity index (χ1n) is 8.29. The van der Waals surface area contributed by atoms with E-state index in [-0.39, 0.29) is 11.8 Å². The Morgan fingerprint density at radius 1 is 1.21 bits per heavy atom. The predicted octanol–water partition coefficient (Wildman–Crippen LogP) is 3.11. The van der Waals surface area contributed by atoms with E-state index in [1.165, 1.54) is 0 Å². The fraction of sp³-hybridized carbons (Fsp3) is 0.444. The molecule has 0 saturated carbocycles. The Balaban J connectivity index is 1.58. The van der Waals surface area contributed by atoms with Gasteiger partial charge in [0.1, 0.15) is 0 Å². The first kappa shape index (κ1) is 17.6. The number of nitrogens with zero attached hydrogens (tertiary/aromatic N) is 1. The van der Waals surface area contributed by atoms with Crippen LogP contribution in [0.2, 0.25) is 0 Å². The Kier molecular flexibility index (Phi) is 5.71. The molecule has 1 fully saturated rings. The maximum Gasteiger partial charge on any atom is 0.179 e. The van der Waals surface area contributed by atoms with E-state index >= 15 is 0 Å². The predicted molar refractivity (Wildman–Crippen MR) is 97.0 cm³/mol. The summed E-state index contributed by atoms with van der Waals surface area (Å²) in [7, 11) is -3.24. The van der Waals surface area contributed by atoms with Gasteiger partial charge < -0.3 is 5.11 Å². The molecule has 1 aromatic heterocycles. The summed E-state index contributed by atoms with van der Waals surface area (Å²) >= 11 is 1.57. The van der Waals surface area contributed by atoms with Crippen LogP contribution < -0.4 is 0 Å². The van der Waals surface area contributed by atoms with Gasteiger partial charge in [0.2, 0.25) is 0 Å². The second kappa shape index (κ2) is 7.78. The molecule has 2 heterocycles. The van der Waals surface area contributed by atoms with Crippen molar-refractivity contribution >= 4 is 21.2 Å². The molecule has 0 amide bonds. The van der Waals surface area contributed by atoms with Gasteiger partial charge in [-0.15, -0.1) is 11.3 Å². The molecular weight excluding hydrogens is 342 g/mol. The first-order chi connectivity index (χ1) is 11.6. The minimum Gasteiger partial charge on any atom is -0.388 e. The van der Waals surface area contributed by atoms with E-state index in [2.05, 4.69) is 4.90 Å². The van der Waals surface area contributed by atoms with Gasteiger partial charge in [0, 0.05) is 17.5 Å². The van der Waals surface area contributed by atoms with Crippen LogP contribution in [0.1, 0.15) is 30.2 Å². The lowest BCUT2D eigenvalue weighted by molar-refractivity contribution is 0.126. The Hall–Kier alpha value is -1.21. The number of hydrogen-bond donors (Lipinski definition) is 1. The highest BCUT2D eigenvalue weighted by molar-refractivity contribution is 7.91. The summed E-state index contributed by atoms with van der Waals surface area (Å²) in [6.07, 6.45) is 2.30. The quantitative estimate of drug-likeness (QED) is 0.819. The summed E-state index contributed by atoms with van der Waals surface area (Å²) in [5.74, 6) is 0.128. The molecule has 3 rings (SSSR count). The van der Waals surface area contributed by atoms with Crippen molar-refractivity contribution in [3.05, 3.63) is 52.7 Å². The molecule has 1 aliphatic heterocycles. The highest BCUT2D eigenvalue weighted by atomic mass is 32.2. The molecule has 4 nitrogen and oxygen atoms in total. The van der Waals surface area contributed by atoms with E-state index < -0.39 is 15.9 Å². The Morgan fingerprint density at radius 2 is 2.00 bits per heavy atom. The van der Waals surface area contributed by atoms with Crippen molar-refractivity contribution in [1.82, 2.24) is 4.90 Å². The van der Waals surface area contributed by atoms with Crippen LogP contribution >= 0.6 is 11.3 Å². The van der Waals surface area contributed by atoms with E-state index in [4.69, 9.17) is 0 Å². The number of thiophene rings is 1. The normalized spacial score (nSPS) is 20.3. The minimum atomic E-state index is -3.24. The van der Waals surface area contributed by atoms with Crippen LogP contribution in [0.5, 0.6) is 0 Å². The monoisotopic (exact) mass is 365 g/mol. The Morgan fingerprint density at radius 3 is 2.71 bits per heavy atom. The summed E-state index contributed by atoms with van der Waals surface area (Å²) < 4.78 is 24.9. The van der Waals surface area contributed by atoms with Gasteiger partial charge in [-0.1, -0.05) is 24.3 Å². The Labute approximate surface area is 147 Å². The third-order valence-electron chi connectivity index (χ3n) is 4.62. The highest BCUT2D eigenvalue weighted by Gasteiger charge is 2.28. The van der Waals surface area contributed by atoms with Crippen LogP contribution in [0.15, 0.2) is 52.7 Å². The van der Waals surface area contributed by atoms with Gasteiger partial charge in [-0.3, -0.25) is 4.90 Å². The average Bonchev–Trinajstić information content (AvgIpc) is 3.26. The molecular formula is C18H23NO3S2. The van der Waals surface area contributed by atoms with Crippen LogP contribution in [0, 0.1) is 0 Å². The number of benzene rings is 1. The first-order valence-corrected chi connectivity index (χ1v) is 10.8. The standard InChI is InChI=1S/C18H23NO3S2/c20-17(18-9-5-12-23-18)14-15-6-4-10-19(15)11-13-24(21,22)16-7-2-1-3-8-16/h1-3,5,7-9,12,15,17,20H,4,6,10-11,13-14H2/t15-,17+/m0/s1. The van der Waals surface area contributed by atoms with Gasteiger partial charge in [-0.25, -0.2) is 8.42 Å². The fourth-order valence-corrected chi connectivity index (χ4v) is 5.30. The number of aliphatic hydroxyl groups excluding tert-OH is 1. The van der Waals surface area contributed by atoms with Crippen molar-refractivity contribution < 1.29 is 13.5 Å². The van der Waals surface area contributed by atoms with Gasteiger partial charge in [0.25, 0.3) is 0 Å². The van der Waals surface area contributed by atoms with E-state index in [0.717, 1.165) is 24.3 Å². The smallest absolute Gasteiger partial charge is 0.179 e. The maximum absolute atomic E-state index is 12.4. The third kappa shape index (κ3) is 4.25. The third-order valence-corrected chi connectivity index (χ3v) is 7.30. The van der Waals surface area contributed by atoms with E-state index in [1.807, 2.05) is 23.6 Å². The van der Waals surface area contributed by atoms with Crippen molar-refractivity contribution in [3.8, 4) is 0 Å². The van der Waals surface area contributed by atoms with Crippen LogP contribution in [0.25, 0.3) is 0 Å². The second-order valence-corrected chi connectivity index (χ2v) is 9.32. The summed E-state index contributed by atoms with van der Waals surface area (Å²) in [6.45, 7) is 1.44. The molecule has 0 aliphatic carbocycles. The largest absolute Gasteiger partial charge is 0.388 e. The van der Waals surface area contributed by atoms with Crippen LogP contribution in [0.3, 0.4) is 0 Å². The molecule has 0 spiro atoms. The van der Waals surface area contributed by atoms with Crippen molar-refractivity contribution in [3.63, 3.8) is 0 Å². The summed E-state index contributed by atoms with van der Waals surface area (Å²) in [6, 6.07) is 12.8. The zero-order chi connectivity index (χ0) is 17.0. The molecule has 0 bridgehead atoms. The average molecular weight is 366 g/mol. The summed E-state index contributed by atoms with van der Waals surface area (Å²) in [5.41, 5.74) is 0. The van der Waals surface area contributed by atoms with Crippen molar-refractivity contribution in [1.29, 1.82) is 0 Å². The van der Waals surface area contributed by atoms with Gasteiger partial charge in [-0.2, -0.15) is 0 Å². The Bertz CT molecular complexity index is 729. The molecule has 130 valence electrons. The number of aliphatic hydroxyl groups is 1. The maximum atomic E-state index is 12.4. The highest BCUT2D eigenvalue weighted by Crippen LogP contribution is 2.29. The molecule has 1 aromatic carbocycles. The van der Waals surface area contributed by atoms with E-state index in [1.54, 1.807) is 35.6 Å². The number of rotatable bonds is 7. The van der Waals surface area contributed by atoms with Gasteiger partial charge in [0.05, 0.1) is 16.8 Å². The lowest BCUT2D eigenvalue weighted by Gasteiger charge is -2.26. The van der Waals surface area contributed by atoms with E-state index in [9.17, 15) is 13.5 Å². The van der Waals surface area contributed by atoms with Gasteiger partial charge in [0.15, 0.2) is 9.84 Å².